The number of hydrogen-bond donors (Lipinski definition) is 0. The molecule has 2 aromatic heterocycles. The molecule has 0 unspecified atom stereocenters. The first-order chi connectivity index (χ1) is 15.9. The quantitative estimate of drug-likeness (QED) is 0.521. The fourth-order valence-electron chi connectivity index (χ4n) is 4.40. The molecule has 1 atom stereocenters. The topological polar surface area (TPSA) is 75.4 Å². The molecule has 0 saturated carbocycles. The van der Waals surface area contributed by atoms with E-state index in [-0.39, 0.29) is 11.9 Å². The van der Waals surface area contributed by atoms with E-state index in [9.17, 15) is 4.79 Å². The van der Waals surface area contributed by atoms with Gasteiger partial charge in [0, 0.05) is 50.1 Å². The van der Waals surface area contributed by atoms with Gasteiger partial charge in [-0.15, -0.1) is 0 Å². The molecule has 0 spiro atoms. The minimum Gasteiger partial charge on any atom is -0.378 e. The predicted molar refractivity (Wildman–Crippen MR) is 129 cm³/mol. The molecule has 1 fully saturated rings. The normalized spacial score (nSPS) is 16.2. The molecular formula is C26H33N5O2. The van der Waals surface area contributed by atoms with Crippen LogP contribution >= 0.6 is 0 Å². The van der Waals surface area contributed by atoms with Crippen molar-refractivity contribution in [2.45, 2.75) is 58.9 Å². The summed E-state index contributed by atoms with van der Waals surface area (Å²) in [5.41, 5.74) is 5.30. The summed E-state index contributed by atoms with van der Waals surface area (Å²) in [7, 11) is 3.99. The Morgan fingerprint density at radius 3 is 2.58 bits per heavy atom. The van der Waals surface area contributed by atoms with Crippen molar-refractivity contribution in [3.05, 3.63) is 58.8 Å². The second-order valence-electron chi connectivity index (χ2n) is 9.01. The van der Waals surface area contributed by atoms with Crippen molar-refractivity contribution >= 4 is 11.6 Å². The predicted octanol–water partition coefficient (Wildman–Crippen LogP) is 5.13. The van der Waals surface area contributed by atoms with Crippen molar-refractivity contribution in [3.63, 3.8) is 0 Å². The maximum absolute atomic E-state index is 13.6. The molecule has 3 aromatic rings. The highest BCUT2D eigenvalue weighted by molar-refractivity contribution is 5.95. The molecule has 1 aliphatic rings. The van der Waals surface area contributed by atoms with Gasteiger partial charge >= 0.3 is 0 Å². The number of nitrogens with zero attached hydrogens (tertiary/aromatic N) is 5. The van der Waals surface area contributed by atoms with Crippen molar-refractivity contribution in [1.82, 2.24) is 20.0 Å². The van der Waals surface area contributed by atoms with E-state index in [0.29, 0.717) is 17.9 Å². The highest BCUT2D eigenvalue weighted by Crippen LogP contribution is 2.38. The van der Waals surface area contributed by atoms with E-state index in [0.717, 1.165) is 66.1 Å². The summed E-state index contributed by atoms with van der Waals surface area (Å²) in [6, 6.07) is 7.68. The van der Waals surface area contributed by atoms with E-state index in [4.69, 9.17) is 9.51 Å². The Labute approximate surface area is 195 Å². The number of aryl methyl sites for hydroxylation is 2. The van der Waals surface area contributed by atoms with E-state index < -0.39 is 0 Å². The van der Waals surface area contributed by atoms with Crippen LogP contribution in [0.15, 0.2) is 35.0 Å². The number of hydrogen-bond acceptors (Lipinski definition) is 6. The largest absolute Gasteiger partial charge is 0.378 e. The van der Waals surface area contributed by atoms with Crippen LogP contribution < -0.4 is 4.90 Å². The molecule has 0 N–H and O–H groups in total. The summed E-state index contributed by atoms with van der Waals surface area (Å²) in [5.74, 6) is 1.54. The Balaban J connectivity index is 1.75. The van der Waals surface area contributed by atoms with Crippen LogP contribution in [-0.4, -0.2) is 46.6 Å². The van der Waals surface area contributed by atoms with Gasteiger partial charge in [-0.2, -0.15) is 0 Å². The molecule has 3 heterocycles. The monoisotopic (exact) mass is 447 g/mol. The molecule has 1 saturated heterocycles. The van der Waals surface area contributed by atoms with Crippen LogP contribution in [0, 0.1) is 13.8 Å². The number of rotatable bonds is 6. The number of benzene rings is 1. The Bertz CT molecular complexity index is 1120. The number of anilines is 1. The van der Waals surface area contributed by atoms with Crippen molar-refractivity contribution < 1.29 is 9.32 Å². The lowest BCUT2D eigenvalue weighted by atomic mass is 9.94. The van der Waals surface area contributed by atoms with E-state index in [1.807, 2.05) is 68.2 Å². The van der Waals surface area contributed by atoms with Gasteiger partial charge in [0.2, 0.25) is 0 Å². The Kier molecular flexibility index (Phi) is 6.77. The maximum Gasteiger partial charge on any atom is 0.254 e. The Morgan fingerprint density at radius 2 is 1.94 bits per heavy atom. The standard InChI is InChI=1S/C26H33N5O2/c1-6-9-23-27-16-21(25-17(2)18(3)29-33-25)24(28-23)22-10-7-8-15-31(22)26(32)19-11-13-20(14-12-19)30(4)5/h11-14,16,22H,6-10,15H2,1-5H3/t22-/m1/s1. The van der Waals surface area contributed by atoms with Crippen LogP contribution in [0.4, 0.5) is 5.69 Å². The summed E-state index contributed by atoms with van der Waals surface area (Å²) in [5, 5.41) is 4.15. The van der Waals surface area contributed by atoms with E-state index in [1.54, 1.807) is 0 Å². The average molecular weight is 448 g/mol. The second-order valence-corrected chi connectivity index (χ2v) is 9.01. The van der Waals surface area contributed by atoms with Gasteiger partial charge in [-0.1, -0.05) is 12.1 Å². The first-order valence-corrected chi connectivity index (χ1v) is 11.8. The number of likely N-dealkylation sites (tertiary alicyclic amines) is 1. The maximum atomic E-state index is 13.6. The fraction of sp³-hybridized carbons (Fsp3) is 0.462. The molecule has 33 heavy (non-hydrogen) atoms. The minimum absolute atomic E-state index is 0.0390. The van der Waals surface area contributed by atoms with Crippen LogP contribution in [0.1, 0.15) is 71.8 Å². The van der Waals surface area contributed by atoms with Gasteiger partial charge in [-0.3, -0.25) is 4.79 Å². The SMILES string of the molecule is CCCc1ncc(-c2onc(C)c2C)c([C@H]2CCCCN2C(=O)c2ccc(N(C)C)cc2)n1. The zero-order valence-corrected chi connectivity index (χ0v) is 20.3. The summed E-state index contributed by atoms with van der Waals surface area (Å²) < 4.78 is 5.69. The lowest BCUT2D eigenvalue weighted by molar-refractivity contribution is 0.0606. The number of carbonyl (C=O) groups excluding carboxylic acids is 1. The molecule has 1 aliphatic heterocycles. The molecule has 7 nitrogen and oxygen atoms in total. The van der Waals surface area contributed by atoms with Gasteiger partial charge in [0.1, 0.15) is 5.82 Å². The van der Waals surface area contributed by atoms with Gasteiger partial charge < -0.3 is 14.3 Å². The molecule has 174 valence electrons. The number of amides is 1. The van der Waals surface area contributed by atoms with Crippen LogP contribution in [0.25, 0.3) is 11.3 Å². The van der Waals surface area contributed by atoms with Crippen molar-refractivity contribution in [3.8, 4) is 11.3 Å². The van der Waals surface area contributed by atoms with Gasteiger partial charge in [0.05, 0.1) is 23.0 Å². The van der Waals surface area contributed by atoms with E-state index in [2.05, 4.69) is 17.1 Å². The minimum atomic E-state index is -0.127. The Hall–Kier alpha value is -3.22. The third-order valence-electron chi connectivity index (χ3n) is 6.45. The van der Waals surface area contributed by atoms with Gasteiger partial charge in [-0.25, -0.2) is 9.97 Å². The highest BCUT2D eigenvalue weighted by Gasteiger charge is 2.33. The van der Waals surface area contributed by atoms with Gasteiger partial charge in [0.15, 0.2) is 5.76 Å². The van der Waals surface area contributed by atoms with Gasteiger partial charge in [-0.05, 0) is 63.8 Å². The molecule has 0 bridgehead atoms. The lowest BCUT2D eigenvalue weighted by Crippen LogP contribution is -2.39. The van der Waals surface area contributed by atoms with Crippen LogP contribution in [0.5, 0.6) is 0 Å². The zero-order chi connectivity index (χ0) is 23.5. The smallest absolute Gasteiger partial charge is 0.254 e. The van der Waals surface area contributed by atoms with Crippen molar-refractivity contribution in [2.75, 3.05) is 25.5 Å². The summed E-state index contributed by atoms with van der Waals surface area (Å²) in [6.07, 6.45) is 6.52. The van der Waals surface area contributed by atoms with Crippen LogP contribution in [-0.2, 0) is 6.42 Å². The number of carbonyl (C=O) groups is 1. The van der Waals surface area contributed by atoms with Crippen LogP contribution in [0.2, 0.25) is 0 Å². The molecule has 1 amide bonds. The second kappa shape index (κ2) is 9.73. The molecule has 4 rings (SSSR count). The summed E-state index contributed by atoms with van der Waals surface area (Å²) >= 11 is 0. The summed E-state index contributed by atoms with van der Waals surface area (Å²) in [4.78, 5) is 27.2. The first kappa shape index (κ1) is 23.0. The summed E-state index contributed by atoms with van der Waals surface area (Å²) in [6.45, 7) is 6.76. The fourth-order valence-corrected chi connectivity index (χ4v) is 4.40. The average Bonchev–Trinajstić information content (AvgIpc) is 3.17. The Morgan fingerprint density at radius 1 is 1.18 bits per heavy atom. The molecule has 1 aromatic carbocycles. The number of aromatic nitrogens is 3. The van der Waals surface area contributed by atoms with Crippen LogP contribution in [0.3, 0.4) is 0 Å². The van der Waals surface area contributed by atoms with Crippen molar-refractivity contribution in [2.24, 2.45) is 0 Å². The lowest BCUT2D eigenvalue weighted by Gasteiger charge is -2.36. The highest BCUT2D eigenvalue weighted by atomic mass is 16.5. The number of piperidine rings is 1. The first-order valence-electron chi connectivity index (χ1n) is 11.8. The molecule has 7 heteroatoms. The third kappa shape index (κ3) is 4.63. The molecular weight excluding hydrogens is 414 g/mol. The van der Waals surface area contributed by atoms with E-state index >= 15 is 0 Å². The van der Waals surface area contributed by atoms with E-state index in [1.165, 1.54) is 0 Å². The van der Waals surface area contributed by atoms with Gasteiger partial charge in [0.25, 0.3) is 5.91 Å². The van der Waals surface area contributed by atoms with Crippen molar-refractivity contribution in [1.29, 1.82) is 0 Å². The molecule has 0 aliphatic carbocycles. The zero-order valence-electron chi connectivity index (χ0n) is 20.3. The molecule has 0 radical (unpaired) electrons. The third-order valence-corrected chi connectivity index (χ3v) is 6.45.